The molecule has 0 aromatic carbocycles. The Kier molecular flexibility index (Phi) is 6.74. The summed E-state index contributed by atoms with van der Waals surface area (Å²) in [6, 6.07) is 0. The predicted octanol–water partition coefficient (Wildman–Crippen LogP) is -0.847. The Morgan fingerprint density at radius 3 is 1.82 bits per heavy atom. The number of fused-ring (bicyclic) bond motifs is 1. The second kappa shape index (κ2) is 7.76. The van der Waals surface area contributed by atoms with Crippen LogP contribution in [-0.2, 0) is 30.7 Å². The van der Waals surface area contributed by atoms with Gasteiger partial charge in [-0.2, -0.15) is 0 Å². The van der Waals surface area contributed by atoms with Gasteiger partial charge in [-0.05, 0) is 0 Å². The van der Waals surface area contributed by atoms with E-state index in [-0.39, 0.29) is 11.2 Å². The van der Waals surface area contributed by atoms with Crippen LogP contribution in [0.4, 0.5) is 0 Å². The molecule has 2 aromatic rings. The van der Waals surface area contributed by atoms with Crippen molar-refractivity contribution in [2.24, 2.45) is 21.1 Å². The van der Waals surface area contributed by atoms with Crippen molar-refractivity contribution >= 4 is 23.1 Å². The highest BCUT2D eigenvalue weighted by Gasteiger charge is 2.11. The highest BCUT2D eigenvalue weighted by molar-refractivity contribution is 5.69. The molecule has 0 unspecified atom stereocenters. The van der Waals surface area contributed by atoms with Crippen LogP contribution in [0.3, 0.4) is 0 Å². The van der Waals surface area contributed by atoms with Crippen LogP contribution in [0.5, 0.6) is 0 Å². The van der Waals surface area contributed by atoms with Crippen molar-refractivity contribution in [1.29, 1.82) is 0 Å². The smallest absolute Gasteiger partial charge is 0.332 e. The van der Waals surface area contributed by atoms with E-state index in [9.17, 15) is 9.59 Å². The Morgan fingerprint density at radius 2 is 1.41 bits per heavy atom. The minimum absolute atomic E-state index is 0.317. The summed E-state index contributed by atoms with van der Waals surface area (Å²) in [5.41, 5.74) is 0.180. The summed E-state index contributed by atoms with van der Waals surface area (Å²) in [4.78, 5) is 45.2. The number of aromatic nitrogens is 4. The number of hydrogen-bond donors (Lipinski definition) is 2. The zero-order valence-corrected chi connectivity index (χ0v) is 12.9. The number of aryl methyl sites for hydroxylation is 2. The zero-order chi connectivity index (χ0) is 17.6. The lowest BCUT2D eigenvalue weighted by Crippen LogP contribution is -2.37. The highest BCUT2D eigenvalue weighted by Crippen LogP contribution is 2.01. The van der Waals surface area contributed by atoms with Crippen molar-refractivity contribution in [3.63, 3.8) is 0 Å². The summed E-state index contributed by atoms with van der Waals surface area (Å²) in [5.74, 6) is -1.67. The fraction of sp³-hybridized carbons (Fsp3) is 0.417. The molecule has 2 heterocycles. The number of imidazole rings is 1. The van der Waals surface area contributed by atoms with Crippen molar-refractivity contribution in [2.45, 2.75) is 13.8 Å². The number of carboxylic acids is 2. The maximum atomic E-state index is 11.7. The zero-order valence-electron chi connectivity index (χ0n) is 12.9. The van der Waals surface area contributed by atoms with Crippen LogP contribution in [0.25, 0.3) is 11.2 Å². The van der Waals surface area contributed by atoms with Crippen molar-refractivity contribution in [3.05, 3.63) is 27.2 Å². The number of carboxylic acid groups (broad SMARTS) is 2. The fourth-order valence-corrected chi connectivity index (χ4v) is 1.47. The summed E-state index contributed by atoms with van der Waals surface area (Å²) in [5, 5.41) is 14.8. The molecule has 0 fully saturated rings. The van der Waals surface area contributed by atoms with Crippen LogP contribution in [-0.4, -0.2) is 40.8 Å². The van der Waals surface area contributed by atoms with Gasteiger partial charge in [0.05, 0.1) is 6.33 Å². The average molecular weight is 314 g/mol. The lowest BCUT2D eigenvalue weighted by molar-refractivity contribution is -0.135. The van der Waals surface area contributed by atoms with Gasteiger partial charge in [0.2, 0.25) is 0 Å². The summed E-state index contributed by atoms with van der Waals surface area (Å²) >= 11 is 0. The van der Waals surface area contributed by atoms with Gasteiger partial charge < -0.3 is 14.8 Å². The first-order chi connectivity index (χ1) is 10.0. The Morgan fingerprint density at radius 1 is 1.00 bits per heavy atom. The number of nitrogens with zero attached hydrogens (tertiary/aromatic N) is 4. The molecule has 0 amide bonds. The molecule has 122 valence electrons. The van der Waals surface area contributed by atoms with Gasteiger partial charge in [-0.1, -0.05) is 0 Å². The molecule has 2 rings (SSSR count). The van der Waals surface area contributed by atoms with E-state index in [0.29, 0.717) is 11.2 Å². The van der Waals surface area contributed by atoms with Gasteiger partial charge in [0.15, 0.2) is 11.2 Å². The first-order valence-corrected chi connectivity index (χ1v) is 5.96. The van der Waals surface area contributed by atoms with Crippen LogP contribution in [0, 0.1) is 0 Å². The summed E-state index contributed by atoms with van der Waals surface area (Å²) < 4.78 is 4.04. The maximum Gasteiger partial charge on any atom is 0.332 e. The van der Waals surface area contributed by atoms with E-state index in [0.717, 1.165) is 18.4 Å². The lowest BCUT2D eigenvalue weighted by atomic mass is 10.5. The molecular formula is C12H18N4O6. The SMILES string of the molecule is CC(=O)O.CC(=O)O.Cn1c(=O)c2c(ncn2C)n(C)c1=O. The van der Waals surface area contributed by atoms with Gasteiger partial charge >= 0.3 is 5.69 Å². The third-order valence-electron chi connectivity index (χ3n) is 2.32. The molecule has 0 atom stereocenters. The predicted molar refractivity (Wildman–Crippen MR) is 77.8 cm³/mol. The van der Waals surface area contributed by atoms with E-state index < -0.39 is 11.9 Å². The second-order valence-corrected chi connectivity index (χ2v) is 4.27. The van der Waals surface area contributed by atoms with Gasteiger partial charge in [-0.25, -0.2) is 9.78 Å². The van der Waals surface area contributed by atoms with Crippen LogP contribution in [0.1, 0.15) is 13.8 Å². The van der Waals surface area contributed by atoms with E-state index in [1.807, 2.05) is 0 Å². The Labute approximate surface area is 124 Å². The van der Waals surface area contributed by atoms with Gasteiger partial charge in [0.1, 0.15) is 0 Å². The van der Waals surface area contributed by atoms with Gasteiger partial charge in [0.25, 0.3) is 17.5 Å². The van der Waals surface area contributed by atoms with E-state index in [1.54, 1.807) is 18.7 Å². The molecule has 0 radical (unpaired) electrons. The molecule has 0 saturated heterocycles. The van der Waals surface area contributed by atoms with Gasteiger partial charge in [-0.15, -0.1) is 0 Å². The molecule has 0 aliphatic rings. The monoisotopic (exact) mass is 314 g/mol. The number of carbonyl (C=O) groups is 2. The first kappa shape index (κ1) is 19.1. The molecule has 0 aliphatic heterocycles. The molecule has 22 heavy (non-hydrogen) atoms. The molecule has 0 aliphatic carbocycles. The summed E-state index contributed by atoms with van der Waals surface area (Å²) in [6.07, 6.45) is 1.52. The normalized spacial score (nSPS) is 9.32. The minimum atomic E-state index is -0.833. The standard InChI is InChI=1S/C8H10N4O2.2C2H4O2/c1-10-4-9-6-5(10)7(13)12(3)8(14)11(6)2;2*1-2(3)4/h4H,1-3H3;2*1H3,(H,3,4). The second-order valence-electron chi connectivity index (χ2n) is 4.27. The van der Waals surface area contributed by atoms with E-state index >= 15 is 0 Å². The topological polar surface area (TPSA) is 136 Å². The number of rotatable bonds is 0. The maximum absolute atomic E-state index is 11.7. The van der Waals surface area contributed by atoms with Crippen LogP contribution in [0.2, 0.25) is 0 Å². The van der Waals surface area contributed by atoms with E-state index in [2.05, 4.69) is 4.98 Å². The van der Waals surface area contributed by atoms with Crippen LogP contribution < -0.4 is 11.2 Å². The van der Waals surface area contributed by atoms with Crippen molar-refractivity contribution in [3.8, 4) is 0 Å². The molecule has 0 bridgehead atoms. The van der Waals surface area contributed by atoms with Crippen LogP contribution in [0.15, 0.2) is 15.9 Å². The van der Waals surface area contributed by atoms with Crippen molar-refractivity contribution in [2.75, 3.05) is 0 Å². The lowest BCUT2D eigenvalue weighted by Gasteiger charge is -2.02. The first-order valence-electron chi connectivity index (χ1n) is 5.96. The largest absolute Gasteiger partial charge is 0.481 e. The molecule has 2 N–H and O–H groups in total. The number of hydrogen-bond acceptors (Lipinski definition) is 5. The molecular weight excluding hydrogens is 296 g/mol. The Balaban J connectivity index is 0.000000464. The molecule has 10 heteroatoms. The van der Waals surface area contributed by atoms with Crippen molar-refractivity contribution in [1.82, 2.24) is 18.7 Å². The fourth-order valence-electron chi connectivity index (χ4n) is 1.47. The van der Waals surface area contributed by atoms with Crippen molar-refractivity contribution < 1.29 is 19.8 Å². The average Bonchev–Trinajstić information content (AvgIpc) is 2.74. The molecule has 0 saturated carbocycles. The van der Waals surface area contributed by atoms with Gasteiger partial charge in [0, 0.05) is 35.0 Å². The van der Waals surface area contributed by atoms with E-state index in [1.165, 1.54) is 17.9 Å². The molecule has 10 nitrogen and oxygen atoms in total. The third kappa shape index (κ3) is 4.89. The Bertz CT molecular complexity index is 778. The summed E-state index contributed by atoms with van der Waals surface area (Å²) in [7, 11) is 4.77. The minimum Gasteiger partial charge on any atom is -0.481 e. The highest BCUT2D eigenvalue weighted by atomic mass is 16.4. The molecule has 0 spiro atoms. The van der Waals surface area contributed by atoms with Gasteiger partial charge in [-0.3, -0.25) is 23.5 Å². The molecule has 2 aromatic heterocycles. The van der Waals surface area contributed by atoms with Crippen LogP contribution >= 0.6 is 0 Å². The quantitative estimate of drug-likeness (QED) is 0.646. The third-order valence-corrected chi connectivity index (χ3v) is 2.32. The van der Waals surface area contributed by atoms with E-state index in [4.69, 9.17) is 19.8 Å². The number of aliphatic carboxylic acids is 2. The Hall–Kier alpha value is -2.91. The summed E-state index contributed by atoms with van der Waals surface area (Å²) in [6.45, 7) is 2.17.